The van der Waals surface area contributed by atoms with Crippen molar-refractivity contribution in [3.05, 3.63) is 77.3 Å². The lowest BCUT2D eigenvalue weighted by Crippen LogP contribution is -2.42. The van der Waals surface area contributed by atoms with E-state index in [2.05, 4.69) is 12.1 Å². The average molecular weight is 353 g/mol. The van der Waals surface area contributed by atoms with E-state index in [-0.39, 0.29) is 0 Å². The Labute approximate surface area is 151 Å². The minimum absolute atomic E-state index is 0.390. The normalized spacial score (nSPS) is 12.0. The van der Waals surface area contributed by atoms with Crippen LogP contribution in [-0.4, -0.2) is 18.7 Å². The van der Waals surface area contributed by atoms with E-state index in [0.717, 1.165) is 34.2 Å². The molecule has 0 bridgehead atoms. The van der Waals surface area contributed by atoms with Gasteiger partial charge in [0.05, 0.1) is 0 Å². The van der Waals surface area contributed by atoms with Crippen LogP contribution in [0.5, 0.6) is 5.75 Å². The standard InChI is InChI=1S/C21H19ClNO2/c1-23(2,14-15-6-4-3-5-7-15)25-17-9-11-19-18-10-8-16(22)12-20(18)24-21(19)13-17/h3-13H,14H2,1-2H3/q+1. The molecule has 0 saturated heterocycles. The molecule has 25 heavy (non-hydrogen) atoms. The van der Waals surface area contributed by atoms with Gasteiger partial charge in [-0.2, -0.15) is 0 Å². The summed E-state index contributed by atoms with van der Waals surface area (Å²) in [6.45, 7) is 0.772. The lowest BCUT2D eigenvalue weighted by Gasteiger charge is -2.27. The second-order valence-corrected chi connectivity index (χ2v) is 7.15. The van der Waals surface area contributed by atoms with Crippen LogP contribution in [0.4, 0.5) is 0 Å². The first-order valence-corrected chi connectivity index (χ1v) is 8.56. The average Bonchev–Trinajstić information content (AvgIpc) is 2.91. The third-order valence-corrected chi connectivity index (χ3v) is 4.40. The highest BCUT2D eigenvalue weighted by molar-refractivity contribution is 6.31. The summed E-state index contributed by atoms with van der Waals surface area (Å²) >= 11 is 6.05. The predicted molar refractivity (Wildman–Crippen MR) is 102 cm³/mol. The second-order valence-electron chi connectivity index (χ2n) is 6.71. The Morgan fingerprint density at radius 3 is 2.32 bits per heavy atom. The number of hydrogen-bond donors (Lipinski definition) is 0. The molecule has 0 atom stereocenters. The van der Waals surface area contributed by atoms with E-state index in [1.54, 1.807) is 0 Å². The van der Waals surface area contributed by atoms with Crippen molar-refractivity contribution < 1.29 is 13.9 Å². The topological polar surface area (TPSA) is 22.4 Å². The van der Waals surface area contributed by atoms with Crippen LogP contribution in [-0.2, 0) is 6.54 Å². The molecule has 4 heteroatoms. The van der Waals surface area contributed by atoms with Crippen LogP contribution in [0.2, 0.25) is 5.02 Å². The summed E-state index contributed by atoms with van der Waals surface area (Å²) in [6.07, 6.45) is 0. The largest absolute Gasteiger partial charge is 0.456 e. The molecule has 0 spiro atoms. The maximum absolute atomic E-state index is 6.19. The summed E-state index contributed by atoms with van der Waals surface area (Å²) < 4.78 is 6.33. The first kappa shape index (κ1) is 16.0. The first-order valence-electron chi connectivity index (χ1n) is 8.18. The maximum atomic E-state index is 6.19. The molecule has 0 aliphatic heterocycles. The molecule has 1 heterocycles. The lowest BCUT2D eigenvalue weighted by atomic mass is 10.1. The summed E-state index contributed by atoms with van der Waals surface area (Å²) in [6, 6.07) is 22.0. The third-order valence-electron chi connectivity index (χ3n) is 4.17. The molecule has 0 fully saturated rings. The van der Waals surface area contributed by atoms with Crippen molar-refractivity contribution in [3.8, 4) is 5.75 Å². The van der Waals surface area contributed by atoms with Gasteiger partial charge in [0.1, 0.15) is 31.8 Å². The Morgan fingerprint density at radius 2 is 1.56 bits per heavy atom. The van der Waals surface area contributed by atoms with E-state index in [4.69, 9.17) is 20.9 Å². The Kier molecular flexibility index (Phi) is 3.91. The number of hydrogen-bond acceptors (Lipinski definition) is 2. The van der Waals surface area contributed by atoms with E-state index in [9.17, 15) is 0 Å². The summed E-state index contributed by atoms with van der Waals surface area (Å²) in [7, 11) is 4.07. The smallest absolute Gasteiger partial charge is 0.193 e. The van der Waals surface area contributed by atoms with Crippen LogP contribution in [0.1, 0.15) is 5.56 Å². The Hall–Kier alpha value is -2.49. The molecule has 0 radical (unpaired) electrons. The number of quaternary nitrogens is 1. The van der Waals surface area contributed by atoms with Crippen LogP contribution >= 0.6 is 11.6 Å². The van der Waals surface area contributed by atoms with Crippen molar-refractivity contribution in [3.63, 3.8) is 0 Å². The summed E-state index contributed by atoms with van der Waals surface area (Å²) in [5, 5.41) is 2.79. The number of rotatable bonds is 4. The third kappa shape index (κ3) is 3.34. The molecule has 0 amide bonds. The highest BCUT2D eigenvalue weighted by Crippen LogP contribution is 2.33. The monoisotopic (exact) mass is 352 g/mol. The van der Waals surface area contributed by atoms with Gasteiger partial charge in [-0.3, -0.25) is 0 Å². The van der Waals surface area contributed by atoms with Crippen molar-refractivity contribution in [2.75, 3.05) is 14.1 Å². The van der Waals surface area contributed by atoms with Gasteiger partial charge in [-0.1, -0.05) is 41.9 Å². The molecule has 3 nitrogen and oxygen atoms in total. The molecule has 0 aliphatic carbocycles. The Balaban J connectivity index is 1.64. The molecule has 126 valence electrons. The number of halogens is 1. The number of fused-ring (bicyclic) bond motifs is 3. The number of furan rings is 1. The van der Waals surface area contributed by atoms with Crippen LogP contribution in [0.3, 0.4) is 0 Å². The molecule has 0 aliphatic rings. The number of nitrogens with zero attached hydrogens (tertiary/aromatic N) is 1. The SMILES string of the molecule is C[N+](C)(Cc1ccccc1)Oc1ccc2c(c1)oc1cc(Cl)ccc12. The number of benzene rings is 3. The molecule has 0 unspecified atom stereocenters. The van der Waals surface area contributed by atoms with Crippen molar-refractivity contribution in [1.82, 2.24) is 0 Å². The quantitative estimate of drug-likeness (QED) is 0.341. The van der Waals surface area contributed by atoms with Gasteiger partial charge in [0.15, 0.2) is 5.75 Å². The van der Waals surface area contributed by atoms with Gasteiger partial charge >= 0.3 is 0 Å². The molecular formula is C21H19ClNO2+. The summed E-state index contributed by atoms with van der Waals surface area (Å²) in [5.41, 5.74) is 2.82. The van der Waals surface area contributed by atoms with Gasteiger partial charge in [-0.25, -0.2) is 0 Å². The fraction of sp³-hybridized carbons (Fsp3) is 0.143. The zero-order valence-corrected chi connectivity index (χ0v) is 15.0. The zero-order valence-electron chi connectivity index (χ0n) is 14.2. The van der Waals surface area contributed by atoms with Crippen LogP contribution in [0.25, 0.3) is 21.9 Å². The number of hydroxylamine groups is 3. The molecule has 0 N–H and O–H groups in total. The minimum Gasteiger partial charge on any atom is -0.456 e. The maximum Gasteiger partial charge on any atom is 0.193 e. The van der Waals surface area contributed by atoms with E-state index in [1.165, 1.54) is 5.56 Å². The van der Waals surface area contributed by atoms with Crippen molar-refractivity contribution in [2.45, 2.75) is 6.54 Å². The molecular weight excluding hydrogens is 334 g/mol. The predicted octanol–water partition coefficient (Wildman–Crippen LogP) is 5.81. The fourth-order valence-corrected chi connectivity index (χ4v) is 3.29. The minimum atomic E-state index is 0.390. The fourth-order valence-electron chi connectivity index (χ4n) is 3.13. The van der Waals surface area contributed by atoms with E-state index in [1.807, 2.05) is 68.7 Å². The van der Waals surface area contributed by atoms with Gasteiger partial charge in [0.25, 0.3) is 0 Å². The molecule has 4 rings (SSSR count). The molecule has 1 aromatic heterocycles. The second kappa shape index (κ2) is 6.10. The molecule has 4 aromatic rings. The van der Waals surface area contributed by atoms with Crippen molar-refractivity contribution in [2.24, 2.45) is 0 Å². The van der Waals surface area contributed by atoms with E-state index < -0.39 is 0 Å². The molecule has 0 saturated carbocycles. The van der Waals surface area contributed by atoms with Crippen molar-refractivity contribution >= 4 is 33.5 Å². The van der Waals surface area contributed by atoms with Gasteiger partial charge in [0.2, 0.25) is 0 Å². The van der Waals surface area contributed by atoms with Crippen molar-refractivity contribution in [1.29, 1.82) is 0 Å². The highest BCUT2D eigenvalue weighted by atomic mass is 35.5. The van der Waals surface area contributed by atoms with Gasteiger partial charge in [-0.05, 0) is 24.3 Å². The summed E-state index contributed by atoms with van der Waals surface area (Å²) in [5.74, 6) is 0.776. The Morgan fingerprint density at radius 1 is 0.880 bits per heavy atom. The van der Waals surface area contributed by atoms with Gasteiger partial charge < -0.3 is 9.25 Å². The van der Waals surface area contributed by atoms with Gasteiger partial charge in [-0.15, -0.1) is 4.65 Å². The summed E-state index contributed by atoms with van der Waals surface area (Å²) in [4.78, 5) is 6.19. The van der Waals surface area contributed by atoms with E-state index >= 15 is 0 Å². The lowest BCUT2D eigenvalue weighted by molar-refractivity contribution is -1.06. The van der Waals surface area contributed by atoms with Crippen LogP contribution in [0, 0.1) is 0 Å². The van der Waals surface area contributed by atoms with E-state index in [0.29, 0.717) is 9.67 Å². The highest BCUT2D eigenvalue weighted by Gasteiger charge is 2.20. The zero-order chi connectivity index (χ0) is 17.4. The van der Waals surface area contributed by atoms with Crippen LogP contribution in [0.15, 0.2) is 71.1 Å². The Bertz CT molecular complexity index is 1040. The van der Waals surface area contributed by atoms with Crippen LogP contribution < -0.4 is 4.84 Å². The first-order chi connectivity index (χ1) is 12.0. The van der Waals surface area contributed by atoms with Gasteiger partial charge in [0, 0.05) is 33.5 Å². The molecule has 3 aromatic carbocycles.